The molecule has 1 aliphatic carbocycles. The maximum absolute atomic E-state index is 14.4. The van der Waals surface area contributed by atoms with E-state index in [1.165, 1.54) is 18.2 Å². The van der Waals surface area contributed by atoms with E-state index in [0.717, 1.165) is 44.4 Å². The van der Waals surface area contributed by atoms with Gasteiger partial charge in [-0.05, 0) is 43.0 Å². The molecule has 0 aliphatic heterocycles. The molecular weight excluding hydrogens is 486 g/mol. The van der Waals surface area contributed by atoms with Crippen molar-refractivity contribution >= 4 is 15.9 Å². The van der Waals surface area contributed by atoms with Crippen LogP contribution >= 0.6 is 0 Å². The molecule has 0 spiro atoms. The summed E-state index contributed by atoms with van der Waals surface area (Å²) in [7, 11) is -3.48. The van der Waals surface area contributed by atoms with Crippen LogP contribution in [-0.2, 0) is 34.1 Å². The third kappa shape index (κ3) is 7.47. The highest BCUT2D eigenvalue weighted by molar-refractivity contribution is 7.88. The molecule has 35 heavy (non-hydrogen) atoms. The van der Waals surface area contributed by atoms with Crippen molar-refractivity contribution < 1.29 is 30.8 Å². The van der Waals surface area contributed by atoms with Crippen LogP contribution in [0.5, 0.6) is 0 Å². The van der Waals surface area contributed by atoms with Gasteiger partial charge in [-0.2, -0.15) is 13.2 Å². The number of alkyl halides is 3. The van der Waals surface area contributed by atoms with E-state index >= 15 is 0 Å². The van der Waals surface area contributed by atoms with Crippen LogP contribution in [0.25, 0.3) is 0 Å². The van der Waals surface area contributed by atoms with Gasteiger partial charge in [-0.1, -0.05) is 37.5 Å². The molecule has 2 aromatic rings. The molecule has 1 heterocycles. The number of benzene rings is 1. The zero-order valence-electron chi connectivity index (χ0n) is 19.6. The lowest BCUT2D eigenvalue weighted by atomic mass is 9.84. The van der Waals surface area contributed by atoms with E-state index in [2.05, 4.69) is 15.0 Å². The van der Waals surface area contributed by atoms with E-state index in [4.69, 9.17) is 0 Å². The normalized spacial score (nSPS) is 16.2. The van der Waals surface area contributed by atoms with Gasteiger partial charge in [-0.3, -0.25) is 4.79 Å². The molecule has 192 valence electrons. The van der Waals surface area contributed by atoms with Crippen LogP contribution in [0.2, 0.25) is 0 Å². The molecule has 1 amide bonds. The SMILES string of the molecule is CC(C(=O)NCc1ccc(C(F)(F)F)nc1C1CCCCC1)c1ccc(CNS(C)(=O)=O)c(F)c1. The number of sulfonamides is 1. The molecule has 2 N–H and O–H groups in total. The van der Waals surface area contributed by atoms with Crippen molar-refractivity contribution in [3.05, 3.63) is 64.2 Å². The van der Waals surface area contributed by atoms with E-state index in [1.54, 1.807) is 13.0 Å². The molecule has 1 aromatic heterocycles. The Morgan fingerprint density at radius 2 is 1.74 bits per heavy atom. The maximum Gasteiger partial charge on any atom is 0.433 e. The van der Waals surface area contributed by atoms with Gasteiger partial charge in [-0.15, -0.1) is 0 Å². The summed E-state index contributed by atoms with van der Waals surface area (Å²) in [6.07, 6.45) is 0.819. The van der Waals surface area contributed by atoms with Gasteiger partial charge in [0, 0.05) is 30.3 Å². The van der Waals surface area contributed by atoms with E-state index in [0.29, 0.717) is 16.8 Å². The van der Waals surface area contributed by atoms with Gasteiger partial charge >= 0.3 is 6.18 Å². The van der Waals surface area contributed by atoms with E-state index in [1.807, 2.05) is 0 Å². The molecule has 0 saturated heterocycles. The highest BCUT2D eigenvalue weighted by atomic mass is 32.2. The standard InChI is InChI=1S/C24H29F4N3O3S/c1-15(17-8-9-18(20(25)12-17)14-30-35(2,33)34)23(32)29-13-19-10-11-21(24(26,27)28)31-22(19)16-6-4-3-5-7-16/h8-12,15-16,30H,3-7,13-14H2,1-2H3,(H,29,32). The summed E-state index contributed by atoms with van der Waals surface area (Å²) in [6.45, 7) is 1.39. The fourth-order valence-electron chi connectivity index (χ4n) is 4.21. The van der Waals surface area contributed by atoms with Crippen LogP contribution in [0.4, 0.5) is 17.6 Å². The van der Waals surface area contributed by atoms with Gasteiger partial charge < -0.3 is 5.32 Å². The number of carbonyl (C=O) groups is 1. The Kier molecular flexibility index (Phi) is 8.53. The molecule has 6 nitrogen and oxygen atoms in total. The van der Waals surface area contributed by atoms with Crippen LogP contribution in [0.1, 0.15) is 78.9 Å². The molecule has 1 unspecified atom stereocenters. The minimum Gasteiger partial charge on any atom is -0.351 e. The number of rotatable bonds is 8. The third-order valence-electron chi connectivity index (χ3n) is 6.24. The molecule has 1 aromatic carbocycles. The fraction of sp³-hybridized carbons (Fsp3) is 0.500. The predicted molar refractivity (Wildman–Crippen MR) is 123 cm³/mol. The van der Waals surface area contributed by atoms with E-state index < -0.39 is 39.5 Å². The predicted octanol–water partition coefficient (Wildman–Crippen LogP) is 4.76. The summed E-state index contributed by atoms with van der Waals surface area (Å²) in [5.41, 5.74) is 0.503. The Morgan fingerprint density at radius 1 is 1.09 bits per heavy atom. The Balaban J connectivity index is 1.72. The summed E-state index contributed by atoms with van der Waals surface area (Å²) >= 11 is 0. The number of hydrogen-bond donors (Lipinski definition) is 2. The van der Waals surface area contributed by atoms with Crippen molar-refractivity contribution in [2.45, 2.75) is 70.1 Å². The molecule has 1 aliphatic rings. The summed E-state index contributed by atoms with van der Waals surface area (Å²) < 4.78 is 78.8. The Morgan fingerprint density at radius 3 is 2.34 bits per heavy atom. The van der Waals surface area contributed by atoms with Crippen molar-refractivity contribution in [3.63, 3.8) is 0 Å². The summed E-state index contributed by atoms with van der Waals surface area (Å²) in [6, 6.07) is 6.42. The van der Waals surface area contributed by atoms with Crippen LogP contribution in [0, 0.1) is 5.82 Å². The first-order valence-electron chi connectivity index (χ1n) is 11.4. The van der Waals surface area contributed by atoms with Crippen LogP contribution in [-0.4, -0.2) is 25.6 Å². The Hall–Kier alpha value is -2.53. The second-order valence-electron chi connectivity index (χ2n) is 8.96. The first kappa shape index (κ1) is 27.1. The van der Waals surface area contributed by atoms with Crippen molar-refractivity contribution in [1.29, 1.82) is 0 Å². The smallest absolute Gasteiger partial charge is 0.351 e. The zero-order chi connectivity index (χ0) is 25.8. The monoisotopic (exact) mass is 515 g/mol. The highest BCUT2D eigenvalue weighted by Crippen LogP contribution is 2.36. The lowest BCUT2D eigenvalue weighted by Gasteiger charge is -2.24. The minimum absolute atomic E-state index is 0.0129. The number of halogens is 4. The van der Waals surface area contributed by atoms with E-state index in [9.17, 15) is 30.8 Å². The average Bonchev–Trinajstić information content (AvgIpc) is 2.80. The Labute approximate surface area is 202 Å². The van der Waals surface area contributed by atoms with Gasteiger partial charge in [0.2, 0.25) is 15.9 Å². The number of amides is 1. The number of nitrogens with one attached hydrogen (secondary N) is 2. The van der Waals surface area contributed by atoms with Crippen LogP contribution in [0.3, 0.4) is 0 Å². The highest BCUT2D eigenvalue weighted by Gasteiger charge is 2.34. The Bertz CT molecular complexity index is 1160. The van der Waals surface area contributed by atoms with Crippen molar-refractivity contribution in [3.8, 4) is 0 Å². The molecule has 0 bridgehead atoms. The third-order valence-corrected chi connectivity index (χ3v) is 6.91. The number of nitrogens with zero attached hydrogens (tertiary/aromatic N) is 1. The lowest BCUT2D eigenvalue weighted by Crippen LogP contribution is -2.29. The summed E-state index contributed by atoms with van der Waals surface area (Å²) in [5.74, 6) is -1.88. The number of hydrogen-bond acceptors (Lipinski definition) is 4. The molecule has 1 saturated carbocycles. The topological polar surface area (TPSA) is 88.2 Å². The number of aromatic nitrogens is 1. The summed E-state index contributed by atoms with van der Waals surface area (Å²) in [5, 5.41) is 2.74. The molecule has 3 rings (SSSR count). The molecule has 1 fully saturated rings. The van der Waals surface area contributed by atoms with Gasteiger partial charge in [0.25, 0.3) is 0 Å². The van der Waals surface area contributed by atoms with Crippen LogP contribution in [0.15, 0.2) is 30.3 Å². The van der Waals surface area contributed by atoms with Gasteiger partial charge in [0.05, 0.1) is 12.2 Å². The molecular formula is C24H29F4N3O3S. The van der Waals surface area contributed by atoms with Crippen molar-refractivity contribution in [1.82, 2.24) is 15.0 Å². The van der Waals surface area contributed by atoms with E-state index in [-0.39, 0.29) is 24.6 Å². The second-order valence-corrected chi connectivity index (χ2v) is 10.8. The summed E-state index contributed by atoms with van der Waals surface area (Å²) in [4.78, 5) is 16.7. The van der Waals surface area contributed by atoms with Crippen molar-refractivity contribution in [2.24, 2.45) is 0 Å². The van der Waals surface area contributed by atoms with Gasteiger partial charge in [-0.25, -0.2) is 22.5 Å². The fourth-order valence-corrected chi connectivity index (χ4v) is 4.63. The number of carbonyl (C=O) groups excluding carboxylic acids is 1. The molecule has 11 heteroatoms. The first-order chi connectivity index (χ1) is 16.3. The minimum atomic E-state index is -4.55. The van der Waals surface area contributed by atoms with Gasteiger partial charge in [0.1, 0.15) is 11.5 Å². The van der Waals surface area contributed by atoms with Gasteiger partial charge in [0.15, 0.2) is 0 Å². The average molecular weight is 516 g/mol. The molecule has 1 atom stereocenters. The second kappa shape index (κ2) is 11.0. The first-order valence-corrected chi connectivity index (χ1v) is 13.3. The van der Waals surface area contributed by atoms with Crippen molar-refractivity contribution in [2.75, 3.05) is 6.26 Å². The quantitative estimate of drug-likeness (QED) is 0.497. The molecule has 0 radical (unpaired) electrons. The largest absolute Gasteiger partial charge is 0.433 e. The number of pyridine rings is 1. The maximum atomic E-state index is 14.4. The lowest BCUT2D eigenvalue weighted by molar-refractivity contribution is -0.141. The van der Waals surface area contributed by atoms with Crippen LogP contribution < -0.4 is 10.0 Å². The zero-order valence-corrected chi connectivity index (χ0v) is 20.4.